The molecule has 0 aliphatic carbocycles. The Bertz CT molecular complexity index is 3180. The van der Waals surface area contributed by atoms with Crippen LogP contribution in [0.25, 0.3) is 0 Å². The first-order chi connectivity index (χ1) is 34.4. The van der Waals surface area contributed by atoms with Gasteiger partial charge in [0.15, 0.2) is 76.2 Å². The molecule has 0 radical (unpaired) electrons. The number of carboxylic acid groups (broad SMARTS) is 1. The van der Waals surface area contributed by atoms with Crippen molar-refractivity contribution in [2.45, 2.75) is 48.5 Å². The summed E-state index contributed by atoms with van der Waals surface area (Å²) in [5, 5.41) is 170. The first-order valence-electron chi connectivity index (χ1n) is 21.1. The van der Waals surface area contributed by atoms with Crippen LogP contribution in [0.5, 0.6) is 97.7 Å². The fourth-order valence-corrected chi connectivity index (χ4v) is 9.79. The molecule has 6 aromatic carbocycles. The molecule has 0 unspecified atom stereocenters. The lowest BCUT2D eigenvalue weighted by Gasteiger charge is -2.43. The molecule has 8 rings (SSSR count). The van der Waals surface area contributed by atoms with Crippen LogP contribution in [0.1, 0.15) is 77.5 Å². The number of carboxylic acids is 1. The minimum absolute atomic E-state index is 0.0340. The van der Waals surface area contributed by atoms with Gasteiger partial charge in [-0.15, -0.1) is 11.8 Å². The normalized spacial score (nSPS) is 19.3. The Labute approximate surface area is 412 Å². The maximum absolute atomic E-state index is 14.3. The van der Waals surface area contributed by atoms with E-state index in [0.29, 0.717) is 30.0 Å². The quantitative estimate of drug-likeness (QED) is 0.0622. The van der Waals surface area contributed by atoms with E-state index in [2.05, 4.69) is 0 Å². The van der Waals surface area contributed by atoms with Gasteiger partial charge in [0, 0.05) is 51.8 Å². The van der Waals surface area contributed by atoms with Gasteiger partial charge in [0.1, 0.15) is 52.0 Å². The zero-order valence-electron chi connectivity index (χ0n) is 37.1. The predicted octanol–water partition coefficient (Wildman–Crippen LogP) is 4.62. The Kier molecular flexibility index (Phi) is 12.9. The van der Waals surface area contributed by atoms with Gasteiger partial charge >= 0.3 is 17.9 Å². The van der Waals surface area contributed by atoms with E-state index in [4.69, 9.17) is 24.7 Å². The lowest BCUT2D eigenvalue weighted by atomic mass is 9.77. The number of esters is 2. The highest BCUT2D eigenvalue weighted by molar-refractivity contribution is 7.99. The summed E-state index contributed by atoms with van der Waals surface area (Å²) < 4.78 is 24.8. The van der Waals surface area contributed by atoms with E-state index < -0.39 is 191 Å². The number of rotatable bonds is 11. The summed E-state index contributed by atoms with van der Waals surface area (Å²) in [7, 11) is 0. The number of carbonyl (C=O) groups excluding carboxylic acids is 2. The van der Waals surface area contributed by atoms with Crippen molar-refractivity contribution in [3.63, 3.8) is 0 Å². The number of fused-ring (bicyclic) bond motifs is 2. The number of phenolic OH excluding ortho intramolecular Hbond substituents is 15. The molecule has 0 aromatic heterocycles. The molecule has 6 aromatic rings. The average Bonchev–Trinajstić information content (AvgIpc) is 3.32. The number of ether oxygens (including phenoxy) is 4. The van der Waals surface area contributed by atoms with Gasteiger partial charge in [-0.05, 0) is 55.5 Å². The van der Waals surface area contributed by atoms with E-state index in [-0.39, 0.29) is 16.7 Å². The van der Waals surface area contributed by atoms with Crippen LogP contribution in [0, 0.1) is 6.92 Å². The van der Waals surface area contributed by atoms with Crippen molar-refractivity contribution in [3.05, 3.63) is 111 Å². The molecule has 18 N–H and O–H groups in total. The third kappa shape index (κ3) is 9.04. The van der Waals surface area contributed by atoms with Crippen molar-refractivity contribution in [1.29, 1.82) is 0 Å². The fraction of sp³-hybridized carbons (Fsp3) is 0.188. The highest BCUT2D eigenvalue weighted by Gasteiger charge is 2.52. The molecule has 25 heteroatoms. The molecule has 2 aliphatic rings. The largest absolute Gasteiger partial charge is 0.508 e. The summed E-state index contributed by atoms with van der Waals surface area (Å²) in [6, 6.07) is 7.33. The number of carbonyl (C=O) groups is 3. The highest BCUT2D eigenvalue weighted by Crippen LogP contribution is 2.62. The maximum atomic E-state index is 14.3. The number of nitrogens with two attached hydrogens (primary N) is 1. The molecular formula is C48H41NO23S. The van der Waals surface area contributed by atoms with Crippen LogP contribution in [0.2, 0.25) is 0 Å². The third-order valence-corrected chi connectivity index (χ3v) is 13.5. The SMILES string of the molecule is Cc1c(O)cc(C(=O)O[C@H]2[C@@H](c3cc(O)c(O)c(O)c3)Oc3c([C@H]4c5c(O)cc(O)cc5O[C@H](c5cc(O)c(O)c(O)c5)[C@@H]4OC(=O)c4cc(O)c(O)c(O)c4)c(O)cc(O)c3[C@@H]2SC[C@H](N)C(=O)O)cc1O. The Morgan fingerprint density at radius 3 is 1.45 bits per heavy atom. The topological polar surface area (TPSA) is 438 Å². The van der Waals surface area contributed by atoms with E-state index in [1.165, 1.54) is 6.92 Å². The molecule has 7 atom stereocenters. The van der Waals surface area contributed by atoms with Gasteiger partial charge in [0.2, 0.25) is 0 Å². The number of hydrogen-bond acceptors (Lipinski definition) is 24. The zero-order chi connectivity index (χ0) is 53.2. The molecule has 0 amide bonds. The Morgan fingerprint density at radius 1 is 0.534 bits per heavy atom. The maximum Gasteiger partial charge on any atom is 0.338 e. The molecule has 0 fully saturated rings. The molecular weight excluding hydrogens is 991 g/mol. The Morgan fingerprint density at radius 2 is 0.959 bits per heavy atom. The van der Waals surface area contributed by atoms with Crippen LogP contribution < -0.4 is 15.2 Å². The van der Waals surface area contributed by atoms with E-state index in [1.807, 2.05) is 0 Å². The number of benzene rings is 6. The second kappa shape index (κ2) is 18.8. The molecule has 0 bridgehead atoms. The molecule has 0 spiro atoms. The molecule has 382 valence electrons. The van der Waals surface area contributed by atoms with Crippen LogP contribution >= 0.6 is 11.8 Å². The minimum Gasteiger partial charge on any atom is -0.508 e. The van der Waals surface area contributed by atoms with E-state index in [1.54, 1.807) is 0 Å². The van der Waals surface area contributed by atoms with Gasteiger partial charge in [-0.2, -0.15) is 0 Å². The Hall–Kier alpha value is -9.36. The van der Waals surface area contributed by atoms with Crippen LogP contribution in [0.15, 0.2) is 66.7 Å². The van der Waals surface area contributed by atoms with Crippen LogP contribution in [0.4, 0.5) is 0 Å². The molecule has 0 saturated carbocycles. The molecule has 0 saturated heterocycles. The molecule has 24 nitrogen and oxygen atoms in total. The lowest BCUT2D eigenvalue weighted by Crippen LogP contribution is -2.41. The summed E-state index contributed by atoms with van der Waals surface area (Å²) in [6.07, 6.45) is -7.83. The van der Waals surface area contributed by atoms with E-state index in [0.717, 1.165) is 48.5 Å². The fourth-order valence-electron chi connectivity index (χ4n) is 8.45. The number of aromatic hydroxyl groups is 15. The summed E-state index contributed by atoms with van der Waals surface area (Å²) in [6.45, 7) is 1.33. The monoisotopic (exact) mass is 1030 g/mol. The summed E-state index contributed by atoms with van der Waals surface area (Å²) in [5.41, 5.74) is 2.58. The number of thioether (sulfide) groups is 1. The molecule has 2 aliphatic heterocycles. The zero-order valence-corrected chi connectivity index (χ0v) is 37.9. The van der Waals surface area contributed by atoms with Crippen LogP contribution in [-0.4, -0.2) is 124 Å². The first-order valence-corrected chi connectivity index (χ1v) is 22.2. The van der Waals surface area contributed by atoms with Gasteiger partial charge in [0.25, 0.3) is 0 Å². The number of aliphatic carboxylic acids is 1. The smallest absolute Gasteiger partial charge is 0.338 e. The lowest BCUT2D eigenvalue weighted by molar-refractivity contribution is -0.137. The summed E-state index contributed by atoms with van der Waals surface area (Å²) in [4.78, 5) is 40.6. The van der Waals surface area contributed by atoms with Crippen molar-refractivity contribution in [1.82, 2.24) is 0 Å². The van der Waals surface area contributed by atoms with Gasteiger partial charge in [-0.25, -0.2) is 9.59 Å². The van der Waals surface area contributed by atoms with Crippen molar-refractivity contribution < 1.29 is 115 Å². The van der Waals surface area contributed by atoms with Gasteiger partial charge in [-0.1, -0.05) is 0 Å². The number of phenols is 15. The second-order valence-corrected chi connectivity index (χ2v) is 17.9. The van der Waals surface area contributed by atoms with Crippen LogP contribution in [-0.2, 0) is 14.3 Å². The summed E-state index contributed by atoms with van der Waals surface area (Å²) in [5.74, 6) is -21.5. The first kappa shape index (κ1) is 50.0. The van der Waals surface area contributed by atoms with Crippen LogP contribution in [0.3, 0.4) is 0 Å². The van der Waals surface area contributed by atoms with Crippen molar-refractivity contribution in [2.24, 2.45) is 5.73 Å². The van der Waals surface area contributed by atoms with Gasteiger partial charge in [-0.3, -0.25) is 4.79 Å². The Balaban J connectivity index is 1.44. The second-order valence-electron chi connectivity index (χ2n) is 16.8. The van der Waals surface area contributed by atoms with E-state index in [9.17, 15) is 96.1 Å². The highest BCUT2D eigenvalue weighted by atomic mass is 32.2. The van der Waals surface area contributed by atoms with Crippen molar-refractivity contribution in [2.75, 3.05) is 5.75 Å². The standard InChI is InChI=1S/C48H41NO23S/c1-14-21(51)6-17(7-22(14)52)48(68)72-44-41(16-4-28(58)38(63)29(59)5-16)70-42-34(24(54)12-25(55)35(42)45(44)73-13-20(49)46(65)66)36-33-23(53)10-19(50)11-32(33)69-40(15-2-26(56)37(62)27(57)3-15)43(36)71-47(67)18-8-30(60)39(64)31(61)9-18/h2-12,20,36,40-41,43-45,50-64H,13,49H2,1H3,(H,65,66)/t20-,36+,40+,41+,43+,44-,45-/m0/s1. The average molecular weight is 1030 g/mol. The van der Waals surface area contributed by atoms with Crippen molar-refractivity contribution >= 4 is 29.7 Å². The van der Waals surface area contributed by atoms with E-state index >= 15 is 0 Å². The third-order valence-electron chi connectivity index (χ3n) is 12.0. The minimum atomic E-state index is -2.11. The van der Waals surface area contributed by atoms with Crippen molar-refractivity contribution in [3.8, 4) is 97.7 Å². The number of hydrogen-bond donors (Lipinski definition) is 17. The predicted molar refractivity (Wildman–Crippen MR) is 246 cm³/mol. The van der Waals surface area contributed by atoms with Gasteiger partial charge < -0.3 is 106 Å². The van der Waals surface area contributed by atoms with Gasteiger partial charge in [0.05, 0.1) is 27.9 Å². The molecule has 2 heterocycles. The molecule has 73 heavy (non-hydrogen) atoms. The summed E-state index contributed by atoms with van der Waals surface area (Å²) >= 11 is 0.604.